The number of rotatable bonds is 9. The second-order valence-electron chi connectivity index (χ2n) is 9.16. The molecule has 3 N–H and O–H groups in total. The van der Waals surface area contributed by atoms with Crippen molar-refractivity contribution in [1.82, 2.24) is 25.1 Å². The largest absolute Gasteiger partial charge is 0.352 e. The van der Waals surface area contributed by atoms with Crippen LogP contribution in [0.15, 0.2) is 83.8 Å². The Morgan fingerprint density at radius 1 is 0.850 bits per heavy atom. The van der Waals surface area contributed by atoms with Gasteiger partial charge in [0.05, 0.1) is 16.3 Å². The number of urea groups is 1. The summed E-state index contributed by atoms with van der Waals surface area (Å²) in [6, 6.07) is 23.2. The molecule has 40 heavy (non-hydrogen) atoms. The van der Waals surface area contributed by atoms with Gasteiger partial charge in [-0.2, -0.15) is 5.10 Å². The molecule has 3 amide bonds. The molecule has 0 atom stereocenters. The van der Waals surface area contributed by atoms with E-state index in [0.717, 1.165) is 39.3 Å². The van der Waals surface area contributed by atoms with Crippen molar-refractivity contribution in [2.24, 2.45) is 0 Å². The van der Waals surface area contributed by atoms with Crippen molar-refractivity contribution in [3.05, 3.63) is 101 Å². The zero-order valence-corrected chi connectivity index (χ0v) is 25.9. The summed E-state index contributed by atoms with van der Waals surface area (Å²) in [5, 5.41) is 9.96. The van der Waals surface area contributed by atoms with E-state index >= 15 is 0 Å². The fourth-order valence-corrected chi connectivity index (χ4v) is 5.20. The third-order valence-electron chi connectivity index (χ3n) is 6.24. The van der Waals surface area contributed by atoms with Crippen LogP contribution in [-0.2, 0) is 27.8 Å². The van der Waals surface area contributed by atoms with Crippen LogP contribution in [0.5, 0.6) is 0 Å². The van der Waals surface area contributed by atoms with Gasteiger partial charge >= 0.3 is 6.03 Å². The first-order chi connectivity index (χ1) is 18.6. The van der Waals surface area contributed by atoms with Gasteiger partial charge < -0.3 is 10.6 Å². The molecule has 0 spiro atoms. The molecule has 0 unspecified atom stereocenters. The van der Waals surface area contributed by atoms with E-state index in [1.165, 1.54) is 19.1 Å². The first-order valence-electron chi connectivity index (χ1n) is 12.5. The predicted molar refractivity (Wildman–Crippen MR) is 156 cm³/mol. The van der Waals surface area contributed by atoms with Crippen LogP contribution in [0.4, 0.5) is 4.79 Å². The second-order valence-corrected chi connectivity index (χ2v) is 10.8. The molecular weight excluding hydrogens is 537 g/mol. The molecule has 0 saturated heterocycles. The molecular formula is C29H31N5NaO4S. The van der Waals surface area contributed by atoms with Gasteiger partial charge in [-0.1, -0.05) is 54.6 Å². The summed E-state index contributed by atoms with van der Waals surface area (Å²) in [6.45, 7) is 6.00. The van der Waals surface area contributed by atoms with E-state index in [-0.39, 0.29) is 46.9 Å². The van der Waals surface area contributed by atoms with Gasteiger partial charge in [0.1, 0.15) is 0 Å². The van der Waals surface area contributed by atoms with Gasteiger partial charge in [-0.15, -0.1) is 0 Å². The molecule has 0 aliphatic heterocycles. The molecule has 0 saturated carbocycles. The molecule has 0 bridgehead atoms. The van der Waals surface area contributed by atoms with Gasteiger partial charge in [-0.25, -0.2) is 22.6 Å². The third-order valence-corrected chi connectivity index (χ3v) is 7.58. The second kappa shape index (κ2) is 13.8. The summed E-state index contributed by atoms with van der Waals surface area (Å²) in [7, 11) is -4.02. The minimum atomic E-state index is -4.02. The van der Waals surface area contributed by atoms with Gasteiger partial charge in [-0.05, 0) is 61.2 Å². The van der Waals surface area contributed by atoms with Crippen molar-refractivity contribution < 1.29 is 18.0 Å². The van der Waals surface area contributed by atoms with Gasteiger partial charge in [0.25, 0.3) is 10.0 Å². The smallest absolute Gasteiger partial charge is 0.328 e. The van der Waals surface area contributed by atoms with Crippen LogP contribution < -0.4 is 15.4 Å². The number of sulfonamides is 1. The van der Waals surface area contributed by atoms with Crippen molar-refractivity contribution in [1.29, 1.82) is 0 Å². The molecule has 1 aromatic heterocycles. The summed E-state index contributed by atoms with van der Waals surface area (Å²) in [5.74, 6) is -0.179. The number of hydrogen-bond acceptors (Lipinski definition) is 5. The molecule has 0 fully saturated rings. The predicted octanol–water partition coefficient (Wildman–Crippen LogP) is 3.64. The van der Waals surface area contributed by atoms with E-state index in [0.29, 0.717) is 13.0 Å². The number of nitrogens with zero attached hydrogens (tertiary/aromatic N) is 2. The number of aryl methyl sites for hydroxylation is 1. The average Bonchev–Trinajstić information content (AvgIpc) is 3.21. The molecule has 3 aromatic carbocycles. The quantitative estimate of drug-likeness (QED) is 0.266. The maximum atomic E-state index is 12.5. The molecule has 9 nitrogen and oxygen atoms in total. The molecule has 203 valence electrons. The molecule has 4 aromatic rings. The summed E-state index contributed by atoms with van der Waals surface area (Å²) >= 11 is 0. The van der Waals surface area contributed by atoms with Gasteiger partial charge in [-0.3, -0.25) is 4.79 Å². The zero-order valence-electron chi connectivity index (χ0n) is 23.1. The van der Waals surface area contributed by atoms with Crippen LogP contribution in [0.2, 0.25) is 0 Å². The Bertz CT molecular complexity index is 1570. The normalized spacial score (nSPS) is 10.9. The topological polar surface area (TPSA) is 122 Å². The summed E-state index contributed by atoms with van der Waals surface area (Å²) < 4.78 is 29.0. The van der Waals surface area contributed by atoms with E-state index in [4.69, 9.17) is 5.10 Å². The van der Waals surface area contributed by atoms with E-state index in [1.54, 1.807) is 12.1 Å². The maximum absolute atomic E-state index is 12.5. The number of carbonyl (C=O) groups excluding carboxylic acids is 2. The van der Waals surface area contributed by atoms with E-state index < -0.39 is 16.1 Å². The Hall–Kier alpha value is -3.44. The van der Waals surface area contributed by atoms with Crippen molar-refractivity contribution in [3.8, 4) is 16.8 Å². The number of aromatic nitrogens is 2. The number of nitrogens with one attached hydrogen (secondary N) is 3. The molecule has 4 rings (SSSR count). The van der Waals surface area contributed by atoms with Gasteiger partial charge in [0, 0.05) is 60.8 Å². The molecule has 0 aliphatic carbocycles. The van der Waals surface area contributed by atoms with Gasteiger partial charge in [0.2, 0.25) is 5.91 Å². The first-order valence-corrected chi connectivity index (χ1v) is 14.0. The molecule has 11 heteroatoms. The summed E-state index contributed by atoms with van der Waals surface area (Å²) in [4.78, 5) is 23.2. The number of hydrogen-bond donors (Lipinski definition) is 3. The van der Waals surface area contributed by atoms with Crippen molar-refractivity contribution in [2.75, 3.05) is 6.54 Å². The standard InChI is InChI=1S/C29H31N5O4S.Na/c1-20-28(25-7-5-4-6-8-25)21(2)34(32-20)26-13-9-23(10-14-26)17-18-30-29(36)33-39(37,38)27-15-11-24(12-16-27)19-31-22(3)35;/h4-16H,17-19H2,1-3H3,(H,31,35)(H2,30,33,36);. The first kappa shape index (κ1) is 31.1. The van der Waals surface area contributed by atoms with Crippen LogP contribution in [0.1, 0.15) is 29.4 Å². The Morgan fingerprint density at radius 3 is 2.10 bits per heavy atom. The Labute approximate surface area is 256 Å². The van der Waals surface area contributed by atoms with Crippen molar-refractivity contribution in [2.45, 2.75) is 38.6 Å². The van der Waals surface area contributed by atoms with Crippen LogP contribution in [-0.4, -0.2) is 66.2 Å². The van der Waals surface area contributed by atoms with Crippen molar-refractivity contribution in [3.63, 3.8) is 0 Å². The maximum Gasteiger partial charge on any atom is 0.328 e. The van der Waals surface area contributed by atoms with Gasteiger partial charge in [0.15, 0.2) is 0 Å². The number of amides is 3. The van der Waals surface area contributed by atoms with Crippen LogP contribution >= 0.6 is 0 Å². The summed E-state index contributed by atoms with van der Waals surface area (Å²) in [6.07, 6.45) is 0.526. The number of benzene rings is 3. The monoisotopic (exact) mass is 568 g/mol. The number of carbonyl (C=O) groups is 2. The fourth-order valence-electron chi connectivity index (χ4n) is 4.27. The van der Waals surface area contributed by atoms with E-state index in [9.17, 15) is 18.0 Å². The Kier molecular flexibility index (Phi) is 10.7. The fraction of sp³-hybridized carbons (Fsp3) is 0.207. The molecule has 1 radical (unpaired) electrons. The Balaban J connectivity index is 0.00000441. The average molecular weight is 569 g/mol. The van der Waals surface area contributed by atoms with E-state index in [2.05, 4.69) is 22.8 Å². The Morgan fingerprint density at radius 2 is 1.48 bits per heavy atom. The third kappa shape index (κ3) is 7.82. The minimum absolute atomic E-state index is 0. The van der Waals surface area contributed by atoms with Crippen LogP contribution in [0.25, 0.3) is 16.8 Å². The van der Waals surface area contributed by atoms with Crippen molar-refractivity contribution >= 4 is 51.5 Å². The van der Waals surface area contributed by atoms with Crippen LogP contribution in [0.3, 0.4) is 0 Å². The summed E-state index contributed by atoms with van der Waals surface area (Å²) in [5.41, 5.74) is 6.91. The molecule has 1 heterocycles. The SMILES string of the molecule is CC(=O)NCc1ccc(S(=O)(=O)NC(=O)NCCc2ccc(-n3nc(C)c(-c4ccccc4)c3C)cc2)cc1.[Na]. The van der Waals surface area contributed by atoms with E-state index in [1.807, 2.05) is 65.7 Å². The van der Waals surface area contributed by atoms with Crippen LogP contribution in [0, 0.1) is 13.8 Å². The minimum Gasteiger partial charge on any atom is -0.352 e. The molecule has 0 aliphatic rings. The zero-order chi connectivity index (χ0) is 28.0.